The molecule has 0 radical (unpaired) electrons. The fourth-order valence-electron chi connectivity index (χ4n) is 2.21. The first-order chi connectivity index (χ1) is 6.81. The molecule has 0 heterocycles. The number of rotatable bonds is 7. The molecule has 2 nitrogen and oxygen atoms in total. The van der Waals surface area contributed by atoms with Gasteiger partial charge in [-0.1, -0.05) is 6.92 Å². The standard InChI is InChI=1S/C12H24N2/c1-3-14(2)9-8-13-12(10-4-5-10)11-6-7-11/h10-13H,3-9H2,1-2H3. The quantitative estimate of drug-likeness (QED) is 0.667. The topological polar surface area (TPSA) is 15.3 Å². The van der Waals surface area contributed by atoms with Crippen LogP contribution in [0.2, 0.25) is 0 Å². The summed E-state index contributed by atoms with van der Waals surface area (Å²) in [5, 5.41) is 3.77. The van der Waals surface area contributed by atoms with Crippen LogP contribution in [0.25, 0.3) is 0 Å². The summed E-state index contributed by atoms with van der Waals surface area (Å²) in [6.07, 6.45) is 5.94. The Bertz CT molecular complexity index is 161. The third kappa shape index (κ3) is 2.96. The molecular formula is C12H24N2. The molecule has 0 bridgehead atoms. The first-order valence-electron chi connectivity index (χ1n) is 6.23. The van der Waals surface area contributed by atoms with Crippen LogP contribution in [0.3, 0.4) is 0 Å². The Morgan fingerprint density at radius 3 is 2.21 bits per heavy atom. The number of nitrogens with zero attached hydrogens (tertiary/aromatic N) is 1. The van der Waals surface area contributed by atoms with E-state index in [0.717, 1.165) is 17.9 Å². The predicted octanol–water partition coefficient (Wildman–Crippen LogP) is 1.72. The van der Waals surface area contributed by atoms with Crippen molar-refractivity contribution in [3.63, 3.8) is 0 Å². The van der Waals surface area contributed by atoms with Gasteiger partial charge in [0.05, 0.1) is 0 Å². The third-order valence-corrected chi connectivity index (χ3v) is 3.67. The molecule has 1 N–H and O–H groups in total. The molecule has 82 valence electrons. The van der Waals surface area contributed by atoms with Crippen molar-refractivity contribution in [1.29, 1.82) is 0 Å². The smallest absolute Gasteiger partial charge is 0.0124 e. The lowest BCUT2D eigenvalue weighted by Crippen LogP contribution is -2.38. The van der Waals surface area contributed by atoms with Crippen LogP contribution >= 0.6 is 0 Å². The first-order valence-corrected chi connectivity index (χ1v) is 6.23. The Balaban J connectivity index is 1.62. The number of nitrogens with one attached hydrogen (secondary N) is 1. The highest BCUT2D eigenvalue weighted by Gasteiger charge is 2.40. The molecule has 0 saturated heterocycles. The summed E-state index contributed by atoms with van der Waals surface area (Å²) in [5.41, 5.74) is 0. The van der Waals surface area contributed by atoms with Crippen LogP contribution in [0.4, 0.5) is 0 Å². The molecule has 2 saturated carbocycles. The molecule has 0 aromatic carbocycles. The zero-order valence-electron chi connectivity index (χ0n) is 9.63. The summed E-state index contributed by atoms with van der Waals surface area (Å²) >= 11 is 0. The Labute approximate surface area is 88.1 Å². The summed E-state index contributed by atoms with van der Waals surface area (Å²) in [7, 11) is 2.20. The highest BCUT2D eigenvalue weighted by atomic mass is 15.1. The third-order valence-electron chi connectivity index (χ3n) is 3.67. The zero-order chi connectivity index (χ0) is 9.97. The molecule has 0 amide bonds. The lowest BCUT2D eigenvalue weighted by molar-refractivity contribution is 0.324. The van der Waals surface area contributed by atoms with Gasteiger partial charge in [-0.05, 0) is 51.1 Å². The Morgan fingerprint density at radius 2 is 1.79 bits per heavy atom. The number of hydrogen-bond acceptors (Lipinski definition) is 2. The van der Waals surface area contributed by atoms with E-state index in [9.17, 15) is 0 Å². The molecule has 14 heavy (non-hydrogen) atoms. The van der Waals surface area contributed by atoms with Gasteiger partial charge in [0.2, 0.25) is 0 Å². The molecular weight excluding hydrogens is 172 g/mol. The zero-order valence-corrected chi connectivity index (χ0v) is 9.63. The largest absolute Gasteiger partial charge is 0.312 e. The van der Waals surface area contributed by atoms with Gasteiger partial charge in [-0.25, -0.2) is 0 Å². The van der Waals surface area contributed by atoms with Gasteiger partial charge in [0.15, 0.2) is 0 Å². The maximum absolute atomic E-state index is 3.77. The molecule has 2 heteroatoms. The van der Waals surface area contributed by atoms with E-state index in [2.05, 4.69) is 24.2 Å². The molecule has 2 aliphatic carbocycles. The van der Waals surface area contributed by atoms with E-state index in [0.29, 0.717) is 0 Å². The molecule has 0 atom stereocenters. The van der Waals surface area contributed by atoms with Crippen molar-refractivity contribution < 1.29 is 0 Å². The summed E-state index contributed by atoms with van der Waals surface area (Å²) in [6, 6.07) is 0.875. The number of hydrogen-bond donors (Lipinski definition) is 1. The lowest BCUT2D eigenvalue weighted by Gasteiger charge is -2.20. The van der Waals surface area contributed by atoms with Crippen LogP contribution in [0.5, 0.6) is 0 Å². The summed E-state index contributed by atoms with van der Waals surface area (Å²) in [5.74, 6) is 2.07. The summed E-state index contributed by atoms with van der Waals surface area (Å²) < 4.78 is 0. The normalized spacial score (nSPS) is 22.3. The predicted molar refractivity (Wildman–Crippen MR) is 60.4 cm³/mol. The van der Waals surface area contributed by atoms with Crippen LogP contribution in [0.15, 0.2) is 0 Å². The molecule has 0 unspecified atom stereocenters. The number of likely N-dealkylation sites (N-methyl/N-ethyl adjacent to an activating group) is 1. The van der Waals surface area contributed by atoms with E-state index in [4.69, 9.17) is 0 Å². The van der Waals surface area contributed by atoms with E-state index in [1.807, 2.05) is 0 Å². The Hall–Kier alpha value is -0.0800. The minimum absolute atomic E-state index is 0.875. The van der Waals surface area contributed by atoms with Crippen LogP contribution in [-0.4, -0.2) is 37.6 Å². The Morgan fingerprint density at radius 1 is 1.21 bits per heavy atom. The van der Waals surface area contributed by atoms with E-state index >= 15 is 0 Å². The van der Waals surface area contributed by atoms with E-state index in [1.54, 1.807) is 0 Å². The second kappa shape index (κ2) is 4.63. The van der Waals surface area contributed by atoms with Gasteiger partial charge in [0, 0.05) is 19.1 Å². The maximum Gasteiger partial charge on any atom is 0.0124 e. The van der Waals surface area contributed by atoms with Crippen LogP contribution in [0.1, 0.15) is 32.6 Å². The van der Waals surface area contributed by atoms with Crippen LogP contribution in [-0.2, 0) is 0 Å². The lowest BCUT2D eigenvalue weighted by atomic mass is 10.1. The van der Waals surface area contributed by atoms with Gasteiger partial charge < -0.3 is 10.2 Å². The molecule has 2 rings (SSSR count). The molecule has 2 fully saturated rings. The van der Waals surface area contributed by atoms with Crippen molar-refractivity contribution in [2.24, 2.45) is 11.8 Å². The van der Waals surface area contributed by atoms with Gasteiger partial charge in [0.1, 0.15) is 0 Å². The van der Waals surface area contributed by atoms with Gasteiger partial charge >= 0.3 is 0 Å². The average molecular weight is 196 g/mol. The van der Waals surface area contributed by atoms with Crippen molar-refractivity contribution in [1.82, 2.24) is 10.2 Å². The molecule has 2 aliphatic rings. The first kappa shape index (κ1) is 10.4. The minimum Gasteiger partial charge on any atom is -0.312 e. The van der Waals surface area contributed by atoms with Gasteiger partial charge in [0.25, 0.3) is 0 Å². The molecule has 0 spiro atoms. The van der Waals surface area contributed by atoms with E-state index < -0.39 is 0 Å². The van der Waals surface area contributed by atoms with Crippen molar-refractivity contribution in [3.05, 3.63) is 0 Å². The van der Waals surface area contributed by atoms with Crippen molar-refractivity contribution >= 4 is 0 Å². The van der Waals surface area contributed by atoms with E-state index in [1.165, 1.54) is 45.3 Å². The maximum atomic E-state index is 3.77. The van der Waals surface area contributed by atoms with Gasteiger partial charge in [-0.3, -0.25) is 0 Å². The van der Waals surface area contributed by atoms with Crippen molar-refractivity contribution in [2.75, 3.05) is 26.7 Å². The van der Waals surface area contributed by atoms with Crippen molar-refractivity contribution in [3.8, 4) is 0 Å². The van der Waals surface area contributed by atoms with Gasteiger partial charge in [-0.2, -0.15) is 0 Å². The average Bonchev–Trinajstić information content (AvgIpc) is 3.03. The SMILES string of the molecule is CCN(C)CCNC(C1CC1)C1CC1. The van der Waals surface area contributed by atoms with Gasteiger partial charge in [-0.15, -0.1) is 0 Å². The summed E-state index contributed by atoms with van der Waals surface area (Å²) in [6.45, 7) is 5.77. The van der Waals surface area contributed by atoms with E-state index in [-0.39, 0.29) is 0 Å². The fraction of sp³-hybridized carbons (Fsp3) is 1.00. The fourth-order valence-corrected chi connectivity index (χ4v) is 2.21. The van der Waals surface area contributed by atoms with Crippen molar-refractivity contribution in [2.45, 2.75) is 38.6 Å². The minimum atomic E-state index is 0.875. The summed E-state index contributed by atoms with van der Waals surface area (Å²) in [4.78, 5) is 2.38. The molecule has 0 aromatic heterocycles. The second-order valence-corrected chi connectivity index (χ2v) is 5.05. The second-order valence-electron chi connectivity index (χ2n) is 5.05. The van der Waals surface area contributed by atoms with Crippen LogP contribution in [0, 0.1) is 11.8 Å². The highest BCUT2D eigenvalue weighted by molar-refractivity contribution is 4.96. The molecule has 0 aliphatic heterocycles. The van der Waals surface area contributed by atoms with Crippen LogP contribution < -0.4 is 5.32 Å². The molecule has 0 aromatic rings. The highest BCUT2D eigenvalue weighted by Crippen LogP contribution is 2.44. The Kier molecular flexibility index (Phi) is 3.45. The monoisotopic (exact) mass is 196 g/mol.